The Labute approximate surface area is 144 Å². The smallest absolute Gasteiger partial charge is 0.203 e. The number of methoxy groups -OCH3 is 2. The van der Waals surface area contributed by atoms with Gasteiger partial charge in [0, 0.05) is 5.56 Å². The van der Waals surface area contributed by atoms with Gasteiger partial charge in [-0.15, -0.1) is 0 Å². The summed E-state index contributed by atoms with van der Waals surface area (Å²) in [5.74, 6) is 0.0286. The van der Waals surface area contributed by atoms with Crippen molar-refractivity contribution in [3.05, 3.63) is 58.1 Å². The largest absolute Gasteiger partial charge is 0.503 e. The quantitative estimate of drug-likeness (QED) is 0.506. The maximum absolute atomic E-state index is 12.5. The Balaban J connectivity index is 2.44. The van der Waals surface area contributed by atoms with Gasteiger partial charge < -0.3 is 14.6 Å². The molecular weight excluding hydrogens is 330 g/mol. The van der Waals surface area contributed by atoms with Crippen LogP contribution in [-0.2, 0) is 0 Å². The fourth-order valence-corrected chi connectivity index (χ4v) is 2.29. The Morgan fingerprint density at radius 1 is 1.25 bits per heavy atom. The zero-order chi connectivity index (χ0) is 17.7. The van der Waals surface area contributed by atoms with Crippen molar-refractivity contribution in [1.82, 2.24) is 0 Å². The summed E-state index contributed by atoms with van der Waals surface area (Å²) in [5.41, 5.74) is 0.716. The maximum Gasteiger partial charge on any atom is 0.203 e. The second-order valence-electron chi connectivity index (χ2n) is 4.78. The van der Waals surface area contributed by atoms with Gasteiger partial charge in [-0.2, -0.15) is 5.26 Å². The van der Waals surface area contributed by atoms with E-state index in [9.17, 15) is 15.2 Å². The third kappa shape index (κ3) is 3.67. The van der Waals surface area contributed by atoms with Gasteiger partial charge in [-0.25, -0.2) is 0 Å². The molecule has 24 heavy (non-hydrogen) atoms. The predicted molar refractivity (Wildman–Crippen MR) is 90.6 cm³/mol. The summed E-state index contributed by atoms with van der Waals surface area (Å²) in [5, 5.41) is 19.1. The molecule has 0 radical (unpaired) electrons. The number of halogens is 1. The molecule has 0 amide bonds. The highest BCUT2D eigenvalue weighted by Gasteiger charge is 2.14. The van der Waals surface area contributed by atoms with Crippen LogP contribution in [0.15, 0.2) is 42.0 Å². The van der Waals surface area contributed by atoms with Crippen molar-refractivity contribution in [2.24, 2.45) is 0 Å². The highest BCUT2D eigenvalue weighted by Crippen LogP contribution is 2.35. The van der Waals surface area contributed by atoms with Crippen molar-refractivity contribution in [2.75, 3.05) is 14.2 Å². The molecule has 2 rings (SSSR count). The van der Waals surface area contributed by atoms with Crippen molar-refractivity contribution in [2.45, 2.75) is 0 Å². The minimum absolute atomic E-state index is 0.0618. The SMILES string of the molecule is COc1cccc(C(=O)/C(C#N)=C/c2cc(Cl)c(O)c(OC)c2)c1. The van der Waals surface area contributed by atoms with E-state index < -0.39 is 5.78 Å². The van der Waals surface area contributed by atoms with E-state index in [1.807, 2.05) is 6.07 Å². The molecule has 0 atom stereocenters. The summed E-state index contributed by atoms with van der Waals surface area (Å²) < 4.78 is 10.1. The number of hydrogen-bond acceptors (Lipinski definition) is 5. The molecule has 0 aliphatic heterocycles. The number of carbonyl (C=O) groups excluding carboxylic acids is 1. The minimum atomic E-state index is -0.445. The van der Waals surface area contributed by atoms with Crippen LogP contribution in [0.5, 0.6) is 17.2 Å². The van der Waals surface area contributed by atoms with E-state index >= 15 is 0 Å². The first-order valence-electron chi connectivity index (χ1n) is 6.87. The first-order chi connectivity index (χ1) is 11.5. The molecule has 1 N–H and O–H groups in total. The lowest BCUT2D eigenvalue weighted by molar-refractivity contribution is 0.103. The summed E-state index contributed by atoms with van der Waals surface area (Å²) in [6, 6.07) is 11.3. The van der Waals surface area contributed by atoms with Crippen LogP contribution < -0.4 is 9.47 Å². The number of Topliss-reactive ketones (excluding diaryl/α,β-unsaturated/α-hetero) is 1. The lowest BCUT2D eigenvalue weighted by Gasteiger charge is -2.07. The number of benzene rings is 2. The van der Waals surface area contributed by atoms with Crippen LogP contribution in [0.4, 0.5) is 0 Å². The number of nitriles is 1. The number of allylic oxidation sites excluding steroid dienone is 1. The second-order valence-corrected chi connectivity index (χ2v) is 5.19. The van der Waals surface area contributed by atoms with Crippen molar-refractivity contribution in [3.63, 3.8) is 0 Å². The van der Waals surface area contributed by atoms with Gasteiger partial charge in [0.2, 0.25) is 5.78 Å². The van der Waals surface area contributed by atoms with Crippen LogP contribution in [0.3, 0.4) is 0 Å². The van der Waals surface area contributed by atoms with Crippen LogP contribution in [0.25, 0.3) is 6.08 Å². The van der Waals surface area contributed by atoms with Gasteiger partial charge in [0.25, 0.3) is 0 Å². The molecule has 0 spiro atoms. The lowest BCUT2D eigenvalue weighted by Crippen LogP contribution is -2.02. The lowest BCUT2D eigenvalue weighted by atomic mass is 10.0. The van der Waals surface area contributed by atoms with Crippen LogP contribution >= 0.6 is 11.6 Å². The molecule has 5 nitrogen and oxygen atoms in total. The van der Waals surface area contributed by atoms with Gasteiger partial charge in [-0.05, 0) is 35.9 Å². The molecule has 0 aromatic heterocycles. The van der Waals surface area contributed by atoms with Crippen molar-refractivity contribution in [3.8, 4) is 23.3 Å². The number of phenolic OH excluding ortho intramolecular Hbond substituents is 1. The van der Waals surface area contributed by atoms with E-state index in [0.29, 0.717) is 16.9 Å². The number of nitrogens with zero attached hydrogens (tertiary/aromatic N) is 1. The Bertz CT molecular complexity index is 853. The number of phenols is 1. The van der Waals surface area contributed by atoms with Crippen LogP contribution in [0.1, 0.15) is 15.9 Å². The molecule has 0 heterocycles. The van der Waals surface area contributed by atoms with Gasteiger partial charge in [0.1, 0.15) is 17.4 Å². The van der Waals surface area contributed by atoms with E-state index in [4.69, 9.17) is 21.1 Å². The Morgan fingerprint density at radius 2 is 2.00 bits per heavy atom. The summed E-state index contributed by atoms with van der Waals surface area (Å²) >= 11 is 5.92. The first-order valence-corrected chi connectivity index (χ1v) is 7.25. The Hall–Kier alpha value is -2.97. The van der Waals surface area contributed by atoms with Gasteiger partial charge in [-0.3, -0.25) is 4.79 Å². The third-order valence-corrected chi connectivity index (χ3v) is 3.57. The van der Waals surface area contributed by atoms with Gasteiger partial charge in [0.15, 0.2) is 11.5 Å². The summed E-state index contributed by atoms with van der Waals surface area (Å²) in [6.45, 7) is 0. The van der Waals surface area contributed by atoms with Crippen molar-refractivity contribution in [1.29, 1.82) is 5.26 Å². The summed E-state index contributed by atoms with van der Waals surface area (Å²) in [4.78, 5) is 12.5. The van der Waals surface area contributed by atoms with Gasteiger partial charge >= 0.3 is 0 Å². The number of ether oxygens (including phenoxy) is 2. The predicted octanol–water partition coefficient (Wildman–Crippen LogP) is 3.85. The third-order valence-electron chi connectivity index (χ3n) is 3.28. The van der Waals surface area contributed by atoms with Gasteiger partial charge in [0.05, 0.1) is 19.2 Å². The molecule has 6 heteroatoms. The van der Waals surface area contributed by atoms with Crippen molar-refractivity contribution >= 4 is 23.5 Å². The minimum Gasteiger partial charge on any atom is -0.503 e. The van der Waals surface area contributed by atoms with E-state index in [-0.39, 0.29) is 22.1 Å². The van der Waals surface area contributed by atoms with Crippen molar-refractivity contribution < 1.29 is 19.4 Å². The summed E-state index contributed by atoms with van der Waals surface area (Å²) in [7, 11) is 2.88. The topological polar surface area (TPSA) is 79.6 Å². The highest BCUT2D eigenvalue weighted by molar-refractivity contribution is 6.32. The number of carbonyl (C=O) groups is 1. The molecule has 0 fully saturated rings. The molecule has 0 unspecified atom stereocenters. The molecule has 2 aromatic rings. The van der Waals surface area contributed by atoms with Gasteiger partial charge in [-0.1, -0.05) is 23.7 Å². The molecule has 0 aliphatic rings. The van der Waals surface area contributed by atoms with E-state index in [1.54, 1.807) is 24.3 Å². The molecule has 122 valence electrons. The van der Waals surface area contributed by atoms with E-state index in [1.165, 1.54) is 32.4 Å². The number of hydrogen-bond donors (Lipinski definition) is 1. The monoisotopic (exact) mass is 343 g/mol. The average molecular weight is 344 g/mol. The van der Waals surface area contributed by atoms with Crippen LogP contribution in [-0.4, -0.2) is 25.1 Å². The van der Waals surface area contributed by atoms with E-state index in [0.717, 1.165) is 0 Å². The van der Waals surface area contributed by atoms with Crippen LogP contribution in [0, 0.1) is 11.3 Å². The standard InChI is InChI=1S/C18H14ClNO4/c1-23-14-5-3-4-12(9-14)17(21)13(10-20)6-11-7-15(19)18(22)16(8-11)24-2/h3-9,22H,1-2H3/b13-6+. The fourth-order valence-electron chi connectivity index (χ4n) is 2.07. The number of rotatable bonds is 5. The molecule has 0 saturated heterocycles. The normalized spacial score (nSPS) is 10.8. The fraction of sp³-hybridized carbons (Fsp3) is 0.111. The zero-order valence-electron chi connectivity index (χ0n) is 13.0. The number of ketones is 1. The highest BCUT2D eigenvalue weighted by atomic mass is 35.5. The maximum atomic E-state index is 12.5. The number of aromatic hydroxyl groups is 1. The van der Waals surface area contributed by atoms with Crippen LogP contribution in [0.2, 0.25) is 5.02 Å². The average Bonchev–Trinajstić information content (AvgIpc) is 2.61. The molecule has 0 aliphatic carbocycles. The zero-order valence-corrected chi connectivity index (χ0v) is 13.8. The molecular formula is C18H14ClNO4. The Kier molecular flexibility index (Phi) is 5.46. The molecule has 2 aromatic carbocycles. The first kappa shape index (κ1) is 17.4. The second kappa shape index (κ2) is 7.53. The summed E-state index contributed by atoms with van der Waals surface area (Å²) in [6.07, 6.45) is 1.38. The Morgan fingerprint density at radius 3 is 2.62 bits per heavy atom. The molecule has 0 saturated carbocycles. The molecule has 0 bridgehead atoms. The van der Waals surface area contributed by atoms with E-state index in [2.05, 4.69) is 0 Å².